The van der Waals surface area contributed by atoms with E-state index in [4.69, 9.17) is 5.73 Å². The molecule has 0 unspecified atom stereocenters. The van der Waals surface area contributed by atoms with Crippen molar-refractivity contribution in [2.75, 3.05) is 24.6 Å². The predicted octanol–water partition coefficient (Wildman–Crippen LogP) is 0.860. The van der Waals surface area contributed by atoms with Gasteiger partial charge in [0, 0.05) is 19.2 Å². The van der Waals surface area contributed by atoms with Gasteiger partial charge >= 0.3 is 0 Å². The summed E-state index contributed by atoms with van der Waals surface area (Å²) >= 11 is 0. The zero-order valence-corrected chi connectivity index (χ0v) is 11.6. The summed E-state index contributed by atoms with van der Waals surface area (Å²) in [5.74, 6) is 1.73. The molecule has 0 aliphatic heterocycles. The second kappa shape index (κ2) is 5.20. The van der Waals surface area contributed by atoms with Gasteiger partial charge in [-0.05, 0) is 27.7 Å². The van der Waals surface area contributed by atoms with E-state index in [1.165, 1.54) is 0 Å². The number of anilines is 2. The number of hydrogen-bond donors (Lipinski definition) is 3. The van der Waals surface area contributed by atoms with Crippen LogP contribution >= 0.6 is 0 Å². The van der Waals surface area contributed by atoms with E-state index >= 15 is 0 Å². The molecule has 18 heavy (non-hydrogen) atoms. The first-order chi connectivity index (χ1) is 8.27. The highest BCUT2D eigenvalue weighted by atomic mass is 16.2. The highest BCUT2D eigenvalue weighted by molar-refractivity contribution is 5.82. The van der Waals surface area contributed by atoms with Gasteiger partial charge in [0.15, 0.2) is 0 Å². The minimum Gasteiger partial charge on any atom is -0.383 e. The number of nitrogens with one attached hydrogen (secondary N) is 2. The van der Waals surface area contributed by atoms with E-state index in [-0.39, 0.29) is 5.91 Å². The van der Waals surface area contributed by atoms with E-state index in [2.05, 4.69) is 20.6 Å². The van der Waals surface area contributed by atoms with Gasteiger partial charge in [0.1, 0.15) is 17.5 Å². The molecule has 0 saturated heterocycles. The normalized spacial score (nSPS) is 11.2. The minimum atomic E-state index is -0.519. The lowest BCUT2D eigenvalue weighted by Crippen LogP contribution is -2.39. The summed E-state index contributed by atoms with van der Waals surface area (Å²) in [4.78, 5) is 20.0. The zero-order valence-electron chi connectivity index (χ0n) is 11.6. The Morgan fingerprint density at radius 1 is 1.33 bits per heavy atom. The van der Waals surface area contributed by atoms with Crippen LogP contribution in [0.2, 0.25) is 0 Å². The largest absolute Gasteiger partial charge is 0.383 e. The highest BCUT2D eigenvalue weighted by Crippen LogP contribution is 2.20. The predicted molar refractivity (Wildman–Crippen MR) is 72.3 cm³/mol. The average Bonchev–Trinajstić information content (AvgIpc) is 2.30. The molecular weight excluding hydrogens is 230 g/mol. The maximum atomic E-state index is 11.7. The zero-order chi connectivity index (χ0) is 13.9. The van der Waals surface area contributed by atoms with Crippen LogP contribution in [0.15, 0.2) is 0 Å². The molecule has 1 rings (SSSR count). The van der Waals surface area contributed by atoms with E-state index < -0.39 is 5.41 Å². The summed E-state index contributed by atoms with van der Waals surface area (Å²) in [6, 6.07) is 0. The number of rotatable bonds is 4. The van der Waals surface area contributed by atoms with Gasteiger partial charge in [0.2, 0.25) is 5.91 Å². The molecule has 1 aromatic rings. The number of nitrogens with two attached hydrogens (primary N) is 1. The fourth-order valence-corrected chi connectivity index (χ4v) is 1.55. The van der Waals surface area contributed by atoms with Crippen molar-refractivity contribution in [1.82, 2.24) is 15.3 Å². The average molecular weight is 251 g/mol. The number of amides is 1. The van der Waals surface area contributed by atoms with E-state index in [9.17, 15) is 4.79 Å². The first-order valence-corrected chi connectivity index (χ1v) is 5.84. The summed E-state index contributed by atoms with van der Waals surface area (Å²) < 4.78 is 0. The molecule has 0 aromatic carbocycles. The third-order valence-corrected chi connectivity index (χ3v) is 2.83. The maximum absolute atomic E-state index is 11.7. The minimum absolute atomic E-state index is 0.0218. The van der Waals surface area contributed by atoms with Crippen LogP contribution in [0.1, 0.15) is 25.2 Å². The van der Waals surface area contributed by atoms with Crippen molar-refractivity contribution in [3.05, 3.63) is 11.4 Å². The van der Waals surface area contributed by atoms with Gasteiger partial charge in [-0.3, -0.25) is 4.79 Å². The Morgan fingerprint density at radius 2 is 1.94 bits per heavy atom. The van der Waals surface area contributed by atoms with Crippen molar-refractivity contribution >= 4 is 17.5 Å². The number of nitrogen functional groups attached to an aromatic ring is 1. The highest BCUT2D eigenvalue weighted by Gasteiger charge is 2.26. The van der Waals surface area contributed by atoms with Crippen LogP contribution < -0.4 is 16.4 Å². The number of hydrogen-bond acceptors (Lipinski definition) is 5. The summed E-state index contributed by atoms with van der Waals surface area (Å²) in [6.07, 6.45) is 0. The maximum Gasteiger partial charge on any atom is 0.227 e. The molecule has 4 N–H and O–H groups in total. The van der Waals surface area contributed by atoms with Crippen molar-refractivity contribution < 1.29 is 4.79 Å². The second-order valence-electron chi connectivity index (χ2n) is 4.95. The molecule has 1 heterocycles. The third-order valence-electron chi connectivity index (χ3n) is 2.83. The molecule has 0 radical (unpaired) electrons. The van der Waals surface area contributed by atoms with Gasteiger partial charge in [-0.1, -0.05) is 0 Å². The standard InChI is InChI=1S/C12H21N5O/c1-7-9(13)16-8(2)17-10(7)15-6-12(3,4)11(18)14-5/h6H2,1-5H3,(H,14,18)(H3,13,15,16,17). The Balaban J connectivity index is 2.84. The van der Waals surface area contributed by atoms with Crippen LogP contribution in [-0.4, -0.2) is 29.5 Å². The van der Waals surface area contributed by atoms with Gasteiger partial charge in [0.05, 0.1) is 5.41 Å². The van der Waals surface area contributed by atoms with Gasteiger partial charge in [-0.25, -0.2) is 9.97 Å². The van der Waals surface area contributed by atoms with E-state index in [1.807, 2.05) is 20.8 Å². The molecule has 6 nitrogen and oxygen atoms in total. The fraction of sp³-hybridized carbons (Fsp3) is 0.583. The molecule has 0 aliphatic carbocycles. The summed E-state index contributed by atoms with van der Waals surface area (Å²) in [5.41, 5.74) is 6.06. The quantitative estimate of drug-likeness (QED) is 0.738. The summed E-state index contributed by atoms with van der Waals surface area (Å²) in [5, 5.41) is 5.80. The van der Waals surface area contributed by atoms with E-state index in [0.29, 0.717) is 24.0 Å². The van der Waals surface area contributed by atoms with Gasteiger partial charge in [-0.2, -0.15) is 0 Å². The summed E-state index contributed by atoms with van der Waals surface area (Å²) in [6.45, 7) is 7.84. The molecule has 1 amide bonds. The molecule has 0 saturated carbocycles. The number of carbonyl (C=O) groups excluding carboxylic acids is 1. The Bertz CT molecular complexity index is 456. The number of carbonyl (C=O) groups is 1. The monoisotopic (exact) mass is 251 g/mol. The van der Waals surface area contributed by atoms with Crippen LogP contribution in [0.5, 0.6) is 0 Å². The second-order valence-corrected chi connectivity index (χ2v) is 4.95. The lowest BCUT2D eigenvalue weighted by Gasteiger charge is -2.23. The van der Waals surface area contributed by atoms with E-state index in [1.54, 1.807) is 14.0 Å². The topological polar surface area (TPSA) is 92.9 Å². The lowest BCUT2D eigenvalue weighted by atomic mass is 9.92. The fourth-order valence-electron chi connectivity index (χ4n) is 1.55. The Hall–Kier alpha value is -1.85. The molecule has 0 aliphatic rings. The first-order valence-electron chi connectivity index (χ1n) is 5.84. The van der Waals surface area contributed by atoms with Crippen molar-refractivity contribution in [2.45, 2.75) is 27.7 Å². The van der Waals surface area contributed by atoms with E-state index in [0.717, 1.165) is 5.56 Å². The smallest absolute Gasteiger partial charge is 0.227 e. The van der Waals surface area contributed by atoms with Crippen molar-refractivity contribution in [3.8, 4) is 0 Å². The Morgan fingerprint density at radius 3 is 2.50 bits per heavy atom. The SMILES string of the molecule is CNC(=O)C(C)(C)CNc1nc(C)nc(N)c1C. The van der Waals surface area contributed by atoms with Crippen molar-refractivity contribution in [3.63, 3.8) is 0 Å². The molecule has 1 aromatic heterocycles. The van der Waals surface area contributed by atoms with Crippen LogP contribution in [0.3, 0.4) is 0 Å². The molecule has 100 valence electrons. The van der Waals surface area contributed by atoms with Crippen LogP contribution in [0.25, 0.3) is 0 Å². The van der Waals surface area contributed by atoms with Gasteiger partial charge in [-0.15, -0.1) is 0 Å². The molecule has 0 fully saturated rings. The molecule has 0 bridgehead atoms. The summed E-state index contributed by atoms with van der Waals surface area (Å²) in [7, 11) is 1.63. The Labute approximate surface area is 107 Å². The molecular formula is C12H21N5O. The van der Waals surface area contributed by atoms with Crippen molar-refractivity contribution in [1.29, 1.82) is 0 Å². The number of aryl methyl sites for hydroxylation is 1. The first kappa shape index (κ1) is 14.2. The lowest BCUT2D eigenvalue weighted by molar-refractivity contribution is -0.128. The molecule has 6 heteroatoms. The molecule has 0 atom stereocenters. The van der Waals surface area contributed by atoms with Crippen LogP contribution in [0, 0.1) is 19.3 Å². The number of aromatic nitrogens is 2. The van der Waals surface area contributed by atoms with Crippen molar-refractivity contribution in [2.24, 2.45) is 5.41 Å². The van der Waals surface area contributed by atoms with Gasteiger partial charge in [0.25, 0.3) is 0 Å². The van der Waals surface area contributed by atoms with Crippen LogP contribution in [0.4, 0.5) is 11.6 Å². The van der Waals surface area contributed by atoms with Gasteiger partial charge < -0.3 is 16.4 Å². The Kier molecular flexibility index (Phi) is 4.11. The molecule has 0 spiro atoms. The van der Waals surface area contributed by atoms with Crippen LogP contribution in [-0.2, 0) is 4.79 Å². The third kappa shape index (κ3) is 3.09. The number of nitrogens with zero attached hydrogens (tertiary/aromatic N) is 2.